The molecule has 0 aliphatic heterocycles. The number of hydrogen-bond donors (Lipinski definition) is 0. The average Bonchev–Trinajstić information content (AvgIpc) is 2.83. The van der Waals surface area contributed by atoms with E-state index in [2.05, 4.69) is 23.9 Å². The summed E-state index contributed by atoms with van der Waals surface area (Å²) in [5.41, 5.74) is 0.797. The summed E-state index contributed by atoms with van der Waals surface area (Å²) >= 11 is 12.0. The highest BCUT2D eigenvalue weighted by Gasteiger charge is 2.10. The van der Waals surface area contributed by atoms with Crippen molar-refractivity contribution in [3.05, 3.63) is 40.9 Å². The normalized spacial score (nSPS) is 11.1. The first-order valence-corrected chi connectivity index (χ1v) is 7.36. The lowest BCUT2D eigenvalue weighted by Crippen LogP contribution is -2.12. The minimum Gasteiger partial charge on any atom is -0.485 e. The topological polar surface area (TPSA) is 39.9 Å². The summed E-state index contributed by atoms with van der Waals surface area (Å²) in [4.78, 5) is 4.22. The van der Waals surface area contributed by atoms with E-state index in [0.717, 1.165) is 17.9 Å². The van der Waals surface area contributed by atoms with Gasteiger partial charge in [0.25, 0.3) is 0 Å². The van der Waals surface area contributed by atoms with Gasteiger partial charge in [0.05, 0.1) is 5.88 Å². The van der Waals surface area contributed by atoms with E-state index in [1.54, 1.807) is 12.4 Å². The molecule has 1 aromatic carbocycles. The second-order valence-corrected chi connectivity index (χ2v) is 5.57. The van der Waals surface area contributed by atoms with Gasteiger partial charge in [0.15, 0.2) is 5.82 Å². The van der Waals surface area contributed by atoms with Crippen LogP contribution in [0.2, 0.25) is 5.02 Å². The van der Waals surface area contributed by atoms with Crippen molar-refractivity contribution in [3.8, 4) is 5.75 Å². The van der Waals surface area contributed by atoms with Crippen molar-refractivity contribution in [3.63, 3.8) is 0 Å². The van der Waals surface area contributed by atoms with Gasteiger partial charge in [0, 0.05) is 17.1 Å². The summed E-state index contributed by atoms with van der Waals surface area (Å²) in [5.74, 6) is 2.29. The van der Waals surface area contributed by atoms with E-state index < -0.39 is 0 Å². The third-order valence-corrected chi connectivity index (χ3v) is 3.42. The Morgan fingerprint density at radius 3 is 2.85 bits per heavy atom. The first kappa shape index (κ1) is 15.1. The molecule has 0 saturated carbocycles. The molecule has 0 amide bonds. The third kappa shape index (κ3) is 3.64. The zero-order valence-electron chi connectivity index (χ0n) is 11.5. The summed E-state index contributed by atoms with van der Waals surface area (Å²) in [6, 6.07) is 5.49. The average molecular weight is 314 g/mol. The summed E-state index contributed by atoms with van der Waals surface area (Å²) < 4.78 is 7.64. The fourth-order valence-corrected chi connectivity index (χ4v) is 2.42. The number of aromatic nitrogens is 3. The van der Waals surface area contributed by atoms with Gasteiger partial charge in [-0.1, -0.05) is 31.5 Å². The Hall–Kier alpha value is -1.26. The van der Waals surface area contributed by atoms with Gasteiger partial charge in [0.1, 0.15) is 18.7 Å². The fourth-order valence-electron chi connectivity index (χ4n) is 1.84. The molecular weight excluding hydrogens is 297 g/mol. The minimum atomic E-state index is 0.313. The Bertz CT molecular complexity index is 569. The van der Waals surface area contributed by atoms with Crippen molar-refractivity contribution in [2.45, 2.75) is 32.9 Å². The van der Waals surface area contributed by atoms with E-state index in [4.69, 9.17) is 27.9 Å². The van der Waals surface area contributed by atoms with Gasteiger partial charge in [0.2, 0.25) is 0 Å². The Labute approximate surface area is 128 Å². The molecule has 2 aromatic rings. The molecule has 6 heteroatoms. The molecular formula is C14H17Cl2N3O. The van der Waals surface area contributed by atoms with Gasteiger partial charge in [-0.05, 0) is 18.1 Å². The van der Waals surface area contributed by atoms with Crippen LogP contribution in [0.25, 0.3) is 0 Å². The SMILES string of the molecule is CC(C)Cn1ncnc1COc1cccc(Cl)c1CCl. The van der Waals surface area contributed by atoms with E-state index in [-0.39, 0.29) is 0 Å². The van der Waals surface area contributed by atoms with Crippen LogP contribution in [0, 0.1) is 5.92 Å². The molecule has 20 heavy (non-hydrogen) atoms. The lowest BCUT2D eigenvalue weighted by atomic mass is 10.2. The predicted octanol–water partition coefficient (Wildman–Crippen LogP) is 3.91. The zero-order chi connectivity index (χ0) is 14.5. The number of alkyl halides is 1. The van der Waals surface area contributed by atoms with Crippen molar-refractivity contribution < 1.29 is 4.74 Å². The van der Waals surface area contributed by atoms with Gasteiger partial charge in [-0.3, -0.25) is 0 Å². The first-order valence-electron chi connectivity index (χ1n) is 6.44. The van der Waals surface area contributed by atoms with Crippen LogP contribution in [0.3, 0.4) is 0 Å². The van der Waals surface area contributed by atoms with E-state index in [0.29, 0.717) is 29.2 Å². The Morgan fingerprint density at radius 1 is 1.35 bits per heavy atom. The zero-order valence-corrected chi connectivity index (χ0v) is 13.0. The van der Waals surface area contributed by atoms with Crippen LogP contribution in [0.15, 0.2) is 24.5 Å². The van der Waals surface area contributed by atoms with Crippen LogP contribution in [0.1, 0.15) is 25.2 Å². The monoisotopic (exact) mass is 313 g/mol. The van der Waals surface area contributed by atoms with Gasteiger partial charge in [-0.25, -0.2) is 9.67 Å². The second-order valence-electron chi connectivity index (χ2n) is 4.89. The van der Waals surface area contributed by atoms with Crippen LogP contribution < -0.4 is 4.74 Å². The molecule has 0 bridgehead atoms. The maximum absolute atomic E-state index is 6.09. The van der Waals surface area contributed by atoms with Crippen LogP contribution >= 0.6 is 23.2 Å². The van der Waals surface area contributed by atoms with Crippen molar-refractivity contribution >= 4 is 23.2 Å². The van der Waals surface area contributed by atoms with E-state index in [9.17, 15) is 0 Å². The third-order valence-electron chi connectivity index (χ3n) is 2.80. The Kier molecular flexibility index (Phi) is 5.26. The number of halogens is 2. The number of hydrogen-bond acceptors (Lipinski definition) is 3. The van der Waals surface area contributed by atoms with Crippen molar-refractivity contribution in [1.82, 2.24) is 14.8 Å². The predicted molar refractivity (Wildman–Crippen MR) is 80.2 cm³/mol. The van der Waals surface area contributed by atoms with Crippen molar-refractivity contribution in [2.24, 2.45) is 5.92 Å². The smallest absolute Gasteiger partial charge is 0.164 e. The largest absolute Gasteiger partial charge is 0.485 e. The molecule has 0 N–H and O–H groups in total. The molecule has 0 spiro atoms. The molecule has 0 radical (unpaired) electrons. The molecule has 0 fully saturated rings. The van der Waals surface area contributed by atoms with E-state index in [1.807, 2.05) is 16.8 Å². The number of rotatable bonds is 6. The first-order chi connectivity index (χ1) is 9.61. The molecule has 0 atom stereocenters. The Balaban J connectivity index is 2.09. The lowest BCUT2D eigenvalue weighted by molar-refractivity contribution is 0.280. The van der Waals surface area contributed by atoms with Crippen molar-refractivity contribution in [1.29, 1.82) is 0 Å². The van der Waals surface area contributed by atoms with Gasteiger partial charge in [-0.15, -0.1) is 11.6 Å². The second kappa shape index (κ2) is 6.95. The van der Waals surface area contributed by atoms with Crippen LogP contribution in [-0.4, -0.2) is 14.8 Å². The molecule has 1 aromatic heterocycles. The Morgan fingerprint density at radius 2 is 2.15 bits per heavy atom. The molecule has 108 valence electrons. The van der Waals surface area contributed by atoms with Crippen molar-refractivity contribution in [2.75, 3.05) is 0 Å². The summed E-state index contributed by atoms with van der Waals surface area (Å²) in [6.07, 6.45) is 1.54. The highest BCUT2D eigenvalue weighted by atomic mass is 35.5. The lowest BCUT2D eigenvalue weighted by Gasteiger charge is -2.12. The van der Waals surface area contributed by atoms with Crippen LogP contribution in [0.5, 0.6) is 5.75 Å². The van der Waals surface area contributed by atoms with Crippen LogP contribution in [-0.2, 0) is 19.0 Å². The molecule has 1 heterocycles. The maximum atomic E-state index is 6.09. The maximum Gasteiger partial charge on any atom is 0.164 e. The summed E-state index contributed by atoms with van der Waals surface area (Å²) in [6.45, 7) is 5.43. The molecule has 0 saturated heterocycles. The molecule has 2 rings (SSSR count). The molecule has 0 unspecified atom stereocenters. The summed E-state index contributed by atoms with van der Waals surface area (Å²) in [5, 5.41) is 4.81. The summed E-state index contributed by atoms with van der Waals surface area (Å²) in [7, 11) is 0. The molecule has 0 aliphatic rings. The standard InChI is InChI=1S/C14H17Cl2N3O/c1-10(2)7-19-14(17-9-18-19)8-20-13-5-3-4-12(16)11(13)6-15/h3-5,9-10H,6-8H2,1-2H3. The number of ether oxygens (including phenoxy) is 1. The number of nitrogens with zero attached hydrogens (tertiary/aromatic N) is 3. The fraction of sp³-hybridized carbons (Fsp3) is 0.429. The van der Waals surface area contributed by atoms with Gasteiger partial charge in [-0.2, -0.15) is 5.10 Å². The van der Waals surface area contributed by atoms with E-state index in [1.165, 1.54) is 0 Å². The highest BCUT2D eigenvalue weighted by molar-refractivity contribution is 6.32. The molecule has 0 aliphatic carbocycles. The molecule has 4 nitrogen and oxygen atoms in total. The van der Waals surface area contributed by atoms with Gasteiger partial charge >= 0.3 is 0 Å². The minimum absolute atomic E-state index is 0.313. The van der Waals surface area contributed by atoms with E-state index >= 15 is 0 Å². The van der Waals surface area contributed by atoms with Gasteiger partial charge < -0.3 is 4.74 Å². The van der Waals surface area contributed by atoms with Crippen LogP contribution in [0.4, 0.5) is 0 Å². The number of benzene rings is 1. The highest BCUT2D eigenvalue weighted by Crippen LogP contribution is 2.28. The quantitative estimate of drug-likeness (QED) is 0.759.